The van der Waals surface area contributed by atoms with E-state index in [1.165, 1.54) is 0 Å². The molecule has 7 N–H and O–H groups in total. The minimum absolute atomic E-state index is 0.0217. The van der Waals surface area contributed by atoms with Crippen LogP contribution < -0.4 is 16.4 Å². The van der Waals surface area contributed by atoms with Gasteiger partial charge < -0.3 is 31.7 Å². The molecule has 0 fully saturated rings. The number of primary amides is 1. The van der Waals surface area contributed by atoms with Crippen LogP contribution in [0.15, 0.2) is 66.0 Å². The molecule has 3 rings (SSSR count). The largest absolute Gasteiger partial charge is 0.481 e. The van der Waals surface area contributed by atoms with Gasteiger partial charge >= 0.3 is 17.9 Å². The third-order valence-corrected chi connectivity index (χ3v) is 7.78. The SMILES string of the molecule is NC(=O)[C@H](CCC(=O)O)NC(=O)C(CCC(=O)O)NC(=O)[C@@H](CC(=O)O)Cc1ccc(-c2cc(-c3ccccc3)cs2)cc1. The van der Waals surface area contributed by atoms with Crippen molar-refractivity contribution in [2.75, 3.05) is 0 Å². The predicted molar refractivity (Wildman–Crippen MR) is 161 cm³/mol. The molecular weight excluding hydrogens is 590 g/mol. The molecule has 0 aliphatic heterocycles. The molecule has 1 heterocycles. The minimum atomic E-state index is -1.44. The first-order chi connectivity index (χ1) is 20.9. The molecule has 3 atom stereocenters. The van der Waals surface area contributed by atoms with Crippen molar-refractivity contribution in [3.05, 3.63) is 71.6 Å². The van der Waals surface area contributed by atoms with E-state index in [-0.39, 0.29) is 19.3 Å². The summed E-state index contributed by atoms with van der Waals surface area (Å²) in [6.45, 7) is 0. The molecule has 2 aromatic carbocycles. The van der Waals surface area contributed by atoms with Crippen LogP contribution in [0.5, 0.6) is 0 Å². The lowest BCUT2D eigenvalue weighted by atomic mass is 9.94. The number of nitrogens with two attached hydrogens (primary N) is 1. The van der Waals surface area contributed by atoms with Crippen LogP contribution in [0.2, 0.25) is 0 Å². The van der Waals surface area contributed by atoms with E-state index in [1.54, 1.807) is 23.5 Å². The summed E-state index contributed by atoms with van der Waals surface area (Å²) in [4.78, 5) is 72.6. The molecule has 0 saturated carbocycles. The second-order valence-electron chi connectivity index (χ2n) is 10.2. The summed E-state index contributed by atoms with van der Waals surface area (Å²) in [5.74, 6) is -7.58. The summed E-state index contributed by atoms with van der Waals surface area (Å²) >= 11 is 1.58. The highest BCUT2D eigenvalue weighted by Gasteiger charge is 2.30. The van der Waals surface area contributed by atoms with Gasteiger partial charge in [0, 0.05) is 17.7 Å². The Labute approximate surface area is 256 Å². The molecule has 1 unspecified atom stereocenters. The van der Waals surface area contributed by atoms with Crippen LogP contribution >= 0.6 is 11.3 Å². The number of amides is 3. The second kappa shape index (κ2) is 16.0. The maximum absolute atomic E-state index is 13.2. The summed E-state index contributed by atoms with van der Waals surface area (Å²) < 4.78 is 0. The lowest BCUT2D eigenvalue weighted by Crippen LogP contribution is -2.54. The van der Waals surface area contributed by atoms with E-state index in [1.807, 2.05) is 42.5 Å². The smallest absolute Gasteiger partial charge is 0.304 e. The molecule has 44 heavy (non-hydrogen) atoms. The first-order valence-corrected chi connectivity index (χ1v) is 14.6. The van der Waals surface area contributed by atoms with Crippen molar-refractivity contribution in [3.63, 3.8) is 0 Å². The van der Waals surface area contributed by atoms with E-state index in [0.29, 0.717) is 5.56 Å². The summed E-state index contributed by atoms with van der Waals surface area (Å²) in [6.07, 6.45) is -2.21. The van der Waals surface area contributed by atoms with Crippen molar-refractivity contribution in [1.82, 2.24) is 10.6 Å². The lowest BCUT2D eigenvalue weighted by molar-refractivity contribution is -0.142. The Kier molecular flexibility index (Phi) is 12.2. The molecule has 0 spiro atoms. The highest BCUT2D eigenvalue weighted by Crippen LogP contribution is 2.33. The van der Waals surface area contributed by atoms with Crippen molar-refractivity contribution >= 4 is 47.0 Å². The van der Waals surface area contributed by atoms with E-state index >= 15 is 0 Å². The number of carboxylic acids is 3. The molecule has 232 valence electrons. The fraction of sp³-hybridized carbons (Fsp3) is 0.290. The topological polar surface area (TPSA) is 213 Å². The van der Waals surface area contributed by atoms with Crippen LogP contribution in [-0.2, 0) is 35.2 Å². The molecule has 1 aromatic heterocycles. The molecule has 3 aromatic rings. The van der Waals surface area contributed by atoms with Crippen molar-refractivity contribution in [2.45, 2.75) is 50.6 Å². The fourth-order valence-electron chi connectivity index (χ4n) is 4.48. The van der Waals surface area contributed by atoms with Crippen LogP contribution in [0.3, 0.4) is 0 Å². The molecule has 0 aliphatic rings. The van der Waals surface area contributed by atoms with Crippen LogP contribution in [0, 0.1) is 5.92 Å². The van der Waals surface area contributed by atoms with E-state index in [9.17, 15) is 33.9 Å². The van der Waals surface area contributed by atoms with Gasteiger partial charge in [-0.3, -0.25) is 28.8 Å². The predicted octanol–water partition coefficient (Wildman–Crippen LogP) is 2.90. The van der Waals surface area contributed by atoms with Gasteiger partial charge in [-0.15, -0.1) is 11.3 Å². The summed E-state index contributed by atoms with van der Waals surface area (Å²) in [7, 11) is 0. The molecule has 3 amide bonds. The summed E-state index contributed by atoms with van der Waals surface area (Å²) in [5, 5.41) is 34.2. The maximum atomic E-state index is 13.2. The van der Waals surface area contributed by atoms with Gasteiger partial charge in [0.25, 0.3) is 0 Å². The number of hydrogen-bond donors (Lipinski definition) is 6. The first kappa shape index (κ1) is 33.5. The quantitative estimate of drug-likeness (QED) is 0.130. The zero-order valence-corrected chi connectivity index (χ0v) is 24.4. The second-order valence-corrected chi connectivity index (χ2v) is 11.1. The molecule has 0 bridgehead atoms. The van der Waals surface area contributed by atoms with Crippen LogP contribution in [0.25, 0.3) is 21.6 Å². The maximum Gasteiger partial charge on any atom is 0.304 e. The number of carbonyl (C=O) groups is 6. The van der Waals surface area contributed by atoms with Crippen LogP contribution in [-0.4, -0.2) is 63.0 Å². The monoisotopic (exact) mass is 623 g/mol. The van der Waals surface area contributed by atoms with Crippen molar-refractivity contribution in [2.24, 2.45) is 11.7 Å². The van der Waals surface area contributed by atoms with Crippen molar-refractivity contribution in [3.8, 4) is 21.6 Å². The molecular formula is C31H33N3O9S. The van der Waals surface area contributed by atoms with Gasteiger partial charge in [0.1, 0.15) is 12.1 Å². The normalized spacial score (nSPS) is 12.8. The van der Waals surface area contributed by atoms with E-state index in [0.717, 1.165) is 21.6 Å². The standard InChI is InChI=1S/C31H33N3O9S/c32-29(41)23(10-12-26(35)36)33-31(43)24(11-13-27(37)38)34-30(42)21(16-28(39)40)14-18-6-8-20(9-7-18)25-15-22(17-44-25)19-4-2-1-3-5-19/h1-9,15,17,21,23-24H,10-14,16H2,(H2,32,41)(H,33,43)(H,34,42)(H,35,36)(H,37,38)(H,39,40)/t21-,23+,24?/m1/s1. The average molecular weight is 624 g/mol. The fourth-order valence-corrected chi connectivity index (χ4v) is 5.40. The Morgan fingerprint density at radius 2 is 1.30 bits per heavy atom. The highest BCUT2D eigenvalue weighted by molar-refractivity contribution is 7.14. The number of aliphatic carboxylic acids is 3. The molecule has 13 heteroatoms. The van der Waals surface area contributed by atoms with Gasteiger partial charge in [0.2, 0.25) is 17.7 Å². The number of carboxylic acid groups (broad SMARTS) is 3. The first-order valence-electron chi connectivity index (χ1n) is 13.7. The van der Waals surface area contributed by atoms with Gasteiger partial charge in [0.15, 0.2) is 0 Å². The van der Waals surface area contributed by atoms with E-state index < -0.39 is 72.9 Å². The molecule has 12 nitrogen and oxygen atoms in total. The van der Waals surface area contributed by atoms with Crippen molar-refractivity contribution < 1.29 is 44.1 Å². The van der Waals surface area contributed by atoms with Gasteiger partial charge in [-0.1, -0.05) is 54.6 Å². The van der Waals surface area contributed by atoms with Gasteiger partial charge in [-0.25, -0.2) is 0 Å². The number of carbonyl (C=O) groups excluding carboxylic acids is 3. The molecule has 0 radical (unpaired) electrons. The third kappa shape index (κ3) is 10.3. The minimum Gasteiger partial charge on any atom is -0.481 e. The van der Waals surface area contributed by atoms with Crippen LogP contribution in [0.1, 0.15) is 37.7 Å². The summed E-state index contributed by atoms with van der Waals surface area (Å²) in [6, 6.07) is 16.5. The van der Waals surface area contributed by atoms with Gasteiger partial charge in [-0.2, -0.15) is 0 Å². The number of benzene rings is 2. The Bertz CT molecular complexity index is 1490. The summed E-state index contributed by atoms with van der Waals surface area (Å²) in [5.41, 5.74) is 9.05. The zero-order chi connectivity index (χ0) is 32.2. The Morgan fingerprint density at radius 1 is 0.705 bits per heavy atom. The zero-order valence-electron chi connectivity index (χ0n) is 23.6. The lowest BCUT2D eigenvalue weighted by Gasteiger charge is -2.23. The van der Waals surface area contributed by atoms with Gasteiger partial charge in [-0.05, 0) is 53.0 Å². The number of rotatable bonds is 17. The molecule has 0 saturated heterocycles. The Balaban J connectivity index is 1.73. The Hall–Kier alpha value is -5.04. The average Bonchev–Trinajstić information content (AvgIpc) is 3.47. The van der Waals surface area contributed by atoms with Crippen molar-refractivity contribution in [1.29, 1.82) is 0 Å². The Morgan fingerprint density at radius 3 is 1.86 bits per heavy atom. The number of hydrogen-bond acceptors (Lipinski definition) is 7. The number of thiophene rings is 1. The van der Waals surface area contributed by atoms with Crippen LogP contribution in [0.4, 0.5) is 0 Å². The number of nitrogens with one attached hydrogen (secondary N) is 2. The highest BCUT2D eigenvalue weighted by atomic mass is 32.1. The molecule has 0 aliphatic carbocycles. The van der Waals surface area contributed by atoms with Gasteiger partial charge in [0.05, 0.1) is 12.3 Å². The van der Waals surface area contributed by atoms with E-state index in [2.05, 4.69) is 22.1 Å². The van der Waals surface area contributed by atoms with E-state index in [4.69, 9.17) is 15.9 Å². The third-order valence-electron chi connectivity index (χ3n) is 6.81.